The third-order valence-electron chi connectivity index (χ3n) is 3.88. The predicted octanol–water partition coefficient (Wildman–Crippen LogP) is 3.30. The molecule has 0 saturated heterocycles. The van der Waals surface area contributed by atoms with E-state index >= 15 is 0 Å². The summed E-state index contributed by atoms with van der Waals surface area (Å²) in [5.41, 5.74) is 3.07. The summed E-state index contributed by atoms with van der Waals surface area (Å²) in [6.07, 6.45) is 4.07. The Balaban J connectivity index is 0.00000169. The van der Waals surface area contributed by atoms with Gasteiger partial charge in [0.15, 0.2) is 0 Å². The molecular formula is C18H22Cl2FN3OS. The predicted molar refractivity (Wildman–Crippen MR) is 108 cm³/mol. The van der Waals surface area contributed by atoms with Gasteiger partial charge < -0.3 is 10.6 Å². The second kappa shape index (κ2) is 11.3. The van der Waals surface area contributed by atoms with E-state index < -0.39 is 0 Å². The van der Waals surface area contributed by atoms with Crippen LogP contribution >= 0.6 is 36.2 Å². The lowest BCUT2D eigenvalue weighted by molar-refractivity contribution is -0.120. The van der Waals surface area contributed by atoms with Crippen LogP contribution in [0.25, 0.3) is 0 Å². The number of nitrogens with one attached hydrogen (secondary N) is 2. The molecule has 142 valence electrons. The van der Waals surface area contributed by atoms with Crippen LogP contribution in [-0.4, -0.2) is 30.5 Å². The van der Waals surface area contributed by atoms with E-state index in [4.69, 9.17) is 0 Å². The largest absolute Gasteiger partial charge is 0.352 e. The molecule has 0 aliphatic carbocycles. The maximum Gasteiger partial charge on any atom is 0.226 e. The second-order valence-electron chi connectivity index (χ2n) is 5.81. The molecule has 0 bridgehead atoms. The first-order valence-electron chi connectivity index (χ1n) is 8.02. The number of nitrogens with zero attached hydrogens (tertiary/aromatic N) is 1. The highest BCUT2D eigenvalue weighted by atomic mass is 35.5. The van der Waals surface area contributed by atoms with Crippen molar-refractivity contribution in [2.75, 3.05) is 19.6 Å². The Morgan fingerprint density at radius 2 is 2.04 bits per heavy atom. The monoisotopic (exact) mass is 417 g/mol. The van der Waals surface area contributed by atoms with E-state index in [1.54, 1.807) is 12.1 Å². The van der Waals surface area contributed by atoms with E-state index in [1.165, 1.54) is 29.0 Å². The van der Waals surface area contributed by atoms with Gasteiger partial charge in [-0.25, -0.2) is 9.37 Å². The number of halogens is 3. The molecule has 0 spiro atoms. The smallest absolute Gasteiger partial charge is 0.226 e. The number of amides is 1. The molecule has 1 amide bonds. The first kappa shape index (κ1) is 22.6. The molecule has 4 nitrogen and oxygen atoms in total. The molecule has 0 saturated carbocycles. The maximum absolute atomic E-state index is 12.9. The normalized spacial score (nSPS) is 13.2. The van der Waals surface area contributed by atoms with E-state index in [-0.39, 0.29) is 36.5 Å². The van der Waals surface area contributed by atoms with Gasteiger partial charge in [0, 0.05) is 24.9 Å². The molecule has 3 rings (SSSR count). The number of carbonyl (C=O) groups excluding carboxylic acids is 1. The molecule has 1 aliphatic rings. The zero-order valence-electron chi connectivity index (χ0n) is 14.2. The summed E-state index contributed by atoms with van der Waals surface area (Å²) in [5.74, 6) is -0.243. The Morgan fingerprint density at radius 1 is 1.27 bits per heavy atom. The third kappa shape index (κ3) is 7.03. The SMILES string of the molecule is Cl.Cl.O=C(Cc1csc(Cc2ccc(F)cc2)n1)NCC1=CCNCC1. The number of thiazole rings is 1. The molecule has 1 aromatic heterocycles. The van der Waals surface area contributed by atoms with Crippen LogP contribution in [-0.2, 0) is 17.6 Å². The molecule has 8 heteroatoms. The molecule has 0 atom stereocenters. The average Bonchev–Trinajstić information content (AvgIpc) is 3.03. The topological polar surface area (TPSA) is 54.0 Å². The number of hydrogen-bond acceptors (Lipinski definition) is 4. The fraction of sp³-hybridized carbons (Fsp3) is 0.333. The summed E-state index contributed by atoms with van der Waals surface area (Å²) >= 11 is 1.53. The van der Waals surface area contributed by atoms with Gasteiger partial charge in [-0.3, -0.25) is 4.79 Å². The number of benzene rings is 1. The summed E-state index contributed by atoms with van der Waals surface area (Å²) in [6.45, 7) is 2.47. The molecule has 2 N–H and O–H groups in total. The lowest BCUT2D eigenvalue weighted by Crippen LogP contribution is -2.30. The zero-order valence-corrected chi connectivity index (χ0v) is 16.6. The molecular weight excluding hydrogens is 396 g/mol. The quantitative estimate of drug-likeness (QED) is 0.708. The van der Waals surface area contributed by atoms with Gasteiger partial charge in [-0.1, -0.05) is 23.8 Å². The van der Waals surface area contributed by atoms with Crippen LogP contribution in [0.4, 0.5) is 4.39 Å². The molecule has 1 aliphatic heterocycles. The van der Waals surface area contributed by atoms with Gasteiger partial charge >= 0.3 is 0 Å². The van der Waals surface area contributed by atoms with Gasteiger partial charge in [0.25, 0.3) is 0 Å². The summed E-state index contributed by atoms with van der Waals surface area (Å²) in [5, 5.41) is 9.06. The van der Waals surface area contributed by atoms with E-state index in [2.05, 4.69) is 21.7 Å². The van der Waals surface area contributed by atoms with Gasteiger partial charge in [0.05, 0.1) is 17.1 Å². The van der Waals surface area contributed by atoms with Crippen molar-refractivity contribution in [3.05, 3.63) is 63.4 Å². The number of hydrogen-bond donors (Lipinski definition) is 2. The molecule has 2 aromatic rings. The Hall–Kier alpha value is -1.47. The minimum Gasteiger partial charge on any atom is -0.352 e. The van der Waals surface area contributed by atoms with Crippen molar-refractivity contribution in [1.29, 1.82) is 0 Å². The Morgan fingerprint density at radius 3 is 2.73 bits per heavy atom. The fourth-order valence-corrected chi connectivity index (χ4v) is 3.39. The highest BCUT2D eigenvalue weighted by Crippen LogP contribution is 2.15. The maximum atomic E-state index is 12.9. The van der Waals surface area contributed by atoms with Crippen molar-refractivity contribution in [2.24, 2.45) is 0 Å². The first-order valence-corrected chi connectivity index (χ1v) is 8.90. The summed E-state index contributed by atoms with van der Waals surface area (Å²) in [6, 6.07) is 6.42. The van der Waals surface area contributed by atoms with Crippen LogP contribution < -0.4 is 10.6 Å². The van der Waals surface area contributed by atoms with E-state index in [0.717, 1.165) is 35.8 Å². The Kier molecular flexibility index (Phi) is 9.80. The van der Waals surface area contributed by atoms with E-state index in [0.29, 0.717) is 19.4 Å². The van der Waals surface area contributed by atoms with Crippen molar-refractivity contribution in [3.63, 3.8) is 0 Å². The standard InChI is InChI=1S/C18H20FN3OS.2ClH/c19-15-3-1-13(2-4-15)9-18-22-16(12-24-18)10-17(23)21-11-14-5-7-20-8-6-14;;/h1-5,12,20H,6-11H2,(H,21,23);2*1H. The molecule has 0 fully saturated rings. The lowest BCUT2D eigenvalue weighted by atomic mass is 10.1. The Labute approximate surface area is 169 Å². The number of aromatic nitrogens is 1. The molecule has 0 unspecified atom stereocenters. The Bertz CT molecular complexity index is 734. The molecule has 2 heterocycles. The number of carbonyl (C=O) groups is 1. The second-order valence-corrected chi connectivity index (χ2v) is 6.75. The summed E-state index contributed by atoms with van der Waals surface area (Å²) < 4.78 is 12.9. The van der Waals surface area contributed by atoms with Crippen molar-refractivity contribution < 1.29 is 9.18 Å². The van der Waals surface area contributed by atoms with Crippen molar-refractivity contribution in [2.45, 2.75) is 19.3 Å². The van der Waals surface area contributed by atoms with Crippen molar-refractivity contribution in [3.8, 4) is 0 Å². The van der Waals surface area contributed by atoms with Gasteiger partial charge in [-0.05, 0) is 30.7 Å². The summed E-state index contributed by atoms with van der Waals surface area (Å²) in [7, 11) is 0. The van der Waals surface area contributed by atoms with Crippen molar-refractivity contribution >= 4 is 42.1 Å². The average molecular weight is 418 g/mol. The first-order chi connectivity index (χ1) is 11.7. The van der Waals surface area contributed by atoms with Gasteiger partial charge in [0.1, 0.15) is 5.82 Å². The summed E-state index contributed by atoms with van der Waals surface area (Å²) in [4.78, 5) is 16.5. The van der Waals surface area contributed by atoms with Crippen LogP contribution in [0.5, 0.6) is 0 Å². The van der Waals surface area contributed by atoms with E-state index in [9.17, 15) is 9.18 Å². The highest BCUT2D eigenvalue weighted by molar-refractivity contribution is 7.09. The third-order valence-corrected chi connectivity index (χ3v) is 4.78. The van der Waals surface area contributed by atoms with Crippen molar-refractivity contribution in [1.82, 2.24) is 15.6 Å². The van der Waals surface area contributed by atoms with Gasteiger partial charge in [-0.2, -0.15) is 0 Å². The van der Waals surface area contributed by atoms with Crippen LogP contribution in [0.1, 0.15) is 22.7 Å². The van der Waals surface area contributed by atoms with Crippen LogP contribution in [0.3, 0.4) is 0 Å². The van der Waals surface area contributed by atoms with Crippen LogP contribution in [0.15, 0.2) is 41.3 Å². The van der Waals surface area contributed by atoms with Crippen LogP contribution in [0, 0.1) is 5.82 Å². The lowest BCUT2D eigenvalue weighted by Gasteiger charge is -2.14. The molecule has 1 aromatic carbocycles. The zero-order chi connectivity index (χ0) is 16.8. The minimum atomic E-state index is -0.237. The highest BCUT2D eigenvalue weighted by Gasteiger charge is 2.10. The molecule has 26 heavy (non-hydrogen) atoms. The fourth-order valence-electron chi connectivity index (χ4n) is 2.56. The minimum absolute atomic E-state index is 0. The van der Waals surface area contributed by atoms with Gasteiger partial charge in [0.2, 0.25) is 5.91 Å². The number of rotatable bonds is 6. The van der Waals surface area contributed by atoms with Crippen LogP contribution in [0.2, 0.25) is 0 Å². The van der Waals surface area contributed by atoms with E-state index in [1.807, 2.05) is 5.38 Å². The van der Waals surface area contributed by atoms with Gasteiger partial charge in [-0.15, -0.1) is 36.2 Å². The molecule has 0 radical (unpaired) electrons.